The molecule has 4 heterocycles. The second-order valence-electron chi connectivity index (χ2n) is 8.10. The van der Waals surface area contributed by atoms with Gasteiger partial charge in [0.15, 0.2) is 0 Å². The largest absolute Gasteiger partial charge is 0.479 e. The molecule has 0 radical (unpaired) electrons. The van der Waals surface area contributed by atoms with Crippen LogP contribution in [0.5, 0.6) is 5.88 Å². The Balaban J connectivity index is 1.55. The van der Waals surface area contributed by atoms with Crippen LogP contribution >= 0.6 is 0 Å². The summed E-state index contributed by atoms with van der Waals surface area (Å²) in [7, 11) is 1.54. The van der Waals surface area contributed by atoms with Gasteiger partial charge in [0.25, 0.3) is 0 Å². The van der Waals surface area contributed by atoms with Crippen LogP contribution in [0, 0.1) is 6.92 Å². The van der Waals surface area contributed by atoms with Crippen molar-refractivity contribution in [1.29, 1.82) is 0 Å². The molecule has 9 heteroatoms. The zero-order valence-corrected chi connectivity index (χ0v) is 18.2. The zero-order valence-electron chi connectivity index (χ0n) is 18.2. The Morgan fingerprint density at radius 3 is 2.64 bits per heavy atom. The topological polar surface area (TPSA) is 57.8 Å². The van der Waals surface area contributed by atoms with Gasteiger partial charge in [0, 0.05) is 24.4 Å². The molecular formula is C24H22F3N5O. The molecule has 0 spiro atoms. The molecule has 1 aliphatic rings. The third kappa shape index (κ3) is 3.88. The molecule has 0 aliphatic carbocycles. The summed E-state index contributed by atoms with van der Waals surface area (Å²) in [4.78, 5) is 8.86. The standard InChI is InChI=1S/C24H22F3N5O/c1-15-13-31(14-28-15)21-10-9-19(29-23(21)33-2)20-12-22-17(7-5-11-32(22)30-20)16-6-3-4-8-18(16)24(25,26)27/h3-4,6,8-10,12-14,17H,5,7,11H2,1-2H3. The Morgan fingerprint density at radius 1 is 1.09 bits per heavy atom. The second-order valence-corrected chi connectivity index (χ2v) is 8.10. The third-order valence-corrected chi connectivity index (χ3v) is 5.96. The zero-order chi connectivity index (χ0) is 23.2. The van der Waals surface area contributed by atoms with Crippen molar-refractivity contribution in [2.45, 2.75) is 38.4 Å². The van der Waals surface area contributed by atoms with Gasteiger partial charge in [0.2, 0.25) is 5.88 Å². The van der Waals surface area contributed by atoms with Crippen LogP contribution in [0.25, 0.3) is 17.1 Å². The van der Waals surface area contributed by atoms with Gasteiger partial charge in [0.05, 0.1) is 30.4 Å². The van der Waals surface area contributed by atoms with Crippen molar-refractivity contribution in [1.82, 2.24) is 24.3 Å². The molecule has 33 heavy (non-hydrogen) atoms. The number of imidazole rings is 1. The fraction of sp³-hybridized carbons (Fsp3) is 0.292. The average Bonchev–Trinajstić information content (AvgIpc) is 3.44. The maximum atomic E-state index is 13.7. The fourth-order valence-corrected chi connectivity index (χ4v) is 4.46. The normalized spacial score (nSPS) is 16.0. The molecule has 1 unspecified atom stereocenters. The number of fused-ring (bicyclic) bond motifs is 1. The van der Waals surface area contributed by atoms with Crippen LogP contribution in [0.15, 0.2) is 55.0 Å². The van der Waals surface area contributed by atoms with E-state index in [-0.39, 0.29) is 11.5 Å². The molecule has 170 valence electrons. The first-order chi connectivity index (χ1) is 15.8. The minimum atomic E-state index is -4.40. The Kier molecular flexibility index (Phi) is 5.19. The van der Waals surface area contributed by atoms with E-state index in [4.69, 9.17) is 4.74 Å². The van der Waals surface area contributed by atoms with Gasteiger partial charge in [-0.3, -0.25) is 4.68 Å². The number of benzene rings is 1. The van der Waals surface area contributed by atoms with E-state index in [0.29, 0.717) is 30.2 Å². The number of halogens is 3. The number of methoxy groups -OCH3 is 1. The number of alkyl halides is 3. The number of rotatable bonds is 4. The molecule has 0 saturated heterocycles. The highest BCUT2D eigenvalue weighted by Gasteiger charge is 2.37. The number of hydrogen-bond donors (Lipinski definition) is 0. The summed E-state index contributed by atoms with van der Waals surface area (Å²) in [5.41, 5.74) is 3.27. The maximum absolute atomic E-state index is 13.7. The van der Waals surface area contributed by atoms with E-state index < -0.39 is 11.7 Å². The van der Waals surface area contributed by atoms with Gasteiger partial charge in [-0.05, 0) is 49.6 Å². The van der Waals surface area contributed by atoms with E-state index in [2.05, 4.69) is 15.1 Å². The van der Waals surface area contributed by atoms with Crippen LogP contribution in [0.2, 0.25) is 0 Å². The lowest BCUT2D eigenvalue weighted by Gasteiger charge is -2.26. The highest BCUT2D eigenvalue weighted by molar-refractivity contribution is 5.60. The lowest BCUT2D eigenvalue weighted by Crippen LogP contribution is -2.20. The van der Waals surface area contributed by atoms with Gasteiger partial charge in [-0.1, -0.05) is 18.2 Å². The number of pyridine rings is 1. The highest BCUT2D eigenvalue weighted by atomic mass is 19.4. The molecule has 0 bridgehead atoms. The van der Waals surface area contributed by atoms with Crippen molar-refractivity contribution in [3.05, 3.63) is 77.5 Å². The molecule has 0 saturated carbocycles. The first-order valence-electron chi connectivity index (χ1n) is 10.7. The predicted molar refractivity (Wildman–Crippen MR) is 116 cm³/mol. The van der Waals surface area contributed by atoms with Gasteiger partial charge < -0.3 is 9.30 Å². The smallest absolute Gasteiger partial charge is 0.416 e. The molecule has 0 N–H and O–H groups in total. The molecular weight excluding hydrogens is 431 g/mol. The van der Waals surface area contributed by atoms with E-state index in [9.17, 15) is 13.2 Å². The van der Waals surface area contributed by atoms with Gasteiger partial charge in [-0.25, -0.2) is 9.97 Å². The van der Waals surface area contributed by atoms with Crippen molar-refractivity contribution in [2.24, 2.45) is 0 Å². The second kappa shape index (κ2) is 8.06. The summed E-state index contributed by atoms with van der Waals surface area (Å²) in [6, 6.07) is 11.4. The number of hydrogen-bond acceptors (Lipinski definition) is 4. The van der Waals surface area contributed by atoms with Crippen LogP contribution < -0.4 is 4.74 Å². The van der Waals surface area contributed by atoms with Gasteiger partial charge >= 0.3 is 6.18 Å². The molecule has 0 fully saturated rings. The van der Waals surface area contributed by atoms with Gasteiger partial charge in [0.1, 0.15) is 11.4 Å². The highest BCUT2D eigenvalue weighted by Crippen LogP contribution is 2.41. The van der Waals surface area contributed by atoms with Crippen molar-refractivity contribution >= 4 is 0 Å². The summed E-state index contributed by atoms with van der Waals surface area (Å²) in [5, 5.41) is 4.67. The van der Waals surface area contributed by atoms with E-state index >= 15 is 0 Å². The Morgan fingerprint density at radius 2 is 1.91 bits per heavy atom. The molecule has 1 aliphatic heterocycles. The molecule has 0 amide bonds. The third-order valence-electron chi connectivity index (χ3n) is 5.96. The van der Waals surface area contributed by atoms with Crippen LogP contribution in [0.4, 0.5) is 13.2 Å². The van der Waals surface area contributed by atoms with Gasteiger partial charge in [-0.15, -0.1) is 0 Å². The molecule has 6 nitrogen and oxygen atoms in total. The predicted octanol–water partition coefficient (Wildman–Crippen LogP) is 5.39. The summed E-state index contributed by atoms with van der Waals surface area (Å²) in [6.45, 7) is 2.55. The summed E-state index contributed by atoms with van der Waals surface area (Å²) >= 11 is 0. The number of aromatic nitrogens is 5. The van der Waals surface area contributed by atoms with E-state index in [1.807, 2.05) is 35.9 Å². The van der Waals surface area contributed by atoms with Crippen LogP contribution in [-0.2, 0) is 12.7 Å². The first-order valence-corrected chi connectivity index (χ1v) is 10.7. The lowest BCUT2D eigenvalue weighted by molar-refractivity contribution is -0.138. The monoisotopic (exact) mass is 453 g/mol. The number of ether oxygens (including phenoxy) is 1. The SMILES string of the molecule is COc1nc(-c2cc3n(n2)CCCC3c2ccccc2C(F)(F)F)ccc1-n1cnc(C)c1. The lowest BCUT2D eigenvalue weighted by atomic mass is 9.85. The van der Waals surface area contributed by atoms with E-state index in [1.54, 1.807) is 30.3 Å². The Bertz CT molecular complexity index is 1310. The van der Waals surface area contributed by atoms with Crippen molar-refractivity contribution in [3.63, 3.8) is 0 Å². The molecule has 1 aromatic carbocycles. The quantitative estimate of drug-likeness (QED) is 0.416. The minimum Gasteiger partial charge on any atom is -0.479 e. The summed E-state index contributed by atoms with van der Waals surface area (Å²) in [5.74, 6) is 0.0303. The van der Waals surface area contributed by atoms with Crippen molar-refractivity contribution < 1.29 is 17.9 Å². The maximum Gasteiger partial charge on any atom is 0.416 e. The first kappa shape index (κ1) is 21.2. The Labute approximate surface area is 188 Å². The Hall–Kier alpha value is -3.62. The van der Waals surface area contributed by atoms with Crippen molar-refractivity contribution in [3.8, 4) is 23.0 Å². The molecule has 1 atom stereocenters. The van der Waals surface area contributed by atoms with Crippen molar-refractivity contribution in [2.75, 3.05) is 7.11 Å². The number of nitrogens with zero attached hydrogens (tertiary/aromatic N) is 5. The fourth-order valence-electron chi connectivity index (χ4n) is 4.46. The molecule has 4 aromatic rings. The molecule has 5 rings (SSSR count). The summed E-state index contributed by atoms with van der Waals surface area (Å²) < 4.78 is 50.1. The minimum absolute atomic E-state index is 0.286. The van der Waals surface area contributed by atoms with Gasteiger partial charge in [-0.2, -0.15) is 18.3 Å². The van der Waals surface area contributed by atoms with Crippen LogP contribution in [-0.4, -0.2) is 31.4 Å². The van der Waals surface area contributed by atoms with Crippen LogP contribution in [0.1, 0.15) is 41.3 Å². The van der Waals surface area contributed by atoms with E-state index in [1.165, 1.54) is 6.07 Å². The summed E-state index contributed by atoms with van der Waals surface area (Å²) in [6.07, 6.45) is 0.538. The van der Waals surface area contributed by atoms with Crippen LogP contribution in [0.3, 0.4) is 0 Å². The molecule has 3 aromatic heterocycles. The average molecular weight is 453 g/mol. The van der Waals surface area contributed by atoms with E-state index in [0.717, 1.165) is 29.6 Å². The number of aryl methyl sites for hydroxylation is 2.